The van der Waals surface area contributed by atoms with Crippen LogP contribution in [0.5, 0.6) is 17.2 Å². The zero-order chi connectivity index (χ0) is 20.5. The minimum atomic E-state index is -3.05. The van der Waals surface area contributed by atoms with E-state index in [4.69, 9.17) is 9.47 Å². The Bertz CT molecular complexity index is 816. The monoisotopic (exact) mass is 397 g/mol. The highest BCUT2D eigenvalue weighted by molar-refractivity contribution is 5.93. The highest BCUT2D eigenvalue weighted by Crippen LogP contribution is 2.30. The summed E-state index contributed by atoms with van der Waals surface area (Å²) in [6.45, 7) is -0.835. The normalized spacial score (nSPS) is 11.3. The van der Waals surface area contributed by atoms with Gasteiger partial charge >= 0.3 is 6.61 Å². The number of alkyl halides is 2. The molecule has 6 nitrogen and oxygen atoms in total. The molecule has 0 saturated heterocycles. The van der Waals surface area contributed by atoms with Gasteiger partial charge < -0.3 is 24.8 Å². The van der Waals surface area contributed by atoms with Gasteiger partial charge in [-0.25, -0.2) is 4.39 Å². The van der Waals surface area contributed by atoms with Gasteiger partial charge in [-0.2, -0.15) is 8.78 Å². The van der Waals surface area contributed by atoms with Crippen LogP contribution in [0.2, 0.25) is 0 Å². The van der Waals surface area contributed by atoms with Gasteiger partial charge in [-0.05, 0) is 31.2 Å². The topological polar surface area (TPSA) is 64.1 Å². The molecule has 0 atom stereocenters. The van der Waals surface area contributed by atoms with Gasteiger partial charge in [-0.1, -0.05) is 6.07 Å². The molecule has 0 heterocycles. The summed E-state index contributed by atoms with van der Waals surface area (Å²) in [7, 11) is 3.07. The van der Waals surface area contributed by atoms with Crippen LogP contribution >= 0.6 is 0 Å². The van der Waals surface area contributed by atoms with Crippen LogP contribution in [0, 0.1) is 5.82 Å². The first-order valence-electron chi connectivity index (χ1n) is 8.49. The molecular formula is C19H22F3N3O3. The second-order valence-corrected chi connectivity index (χ2v) is 5.44. The van der Waals surface area contributed by atoms with Crippen molar-refractivity contribution < 1.29 is 27.4 Å². The molecule has 0 unspecified atom stereocenters. The second kappa shape index (κ2) is 10.3. The number of benzene rings is 2. The predicted octanol–water partition coefficient (Wildman–Crippen LogP) is 4.02. The molecule has 0 radical (unpaired) electrons. The first-order valence-corrected chi connectivity index (χ1v) is 8.49. The van der Waals surface area contributed by atoms with Gasteiger partial charge in [0.1, 0.15) is 11.6 Å². The quantitative estimate of drug-likeness (QED) is 0.520. The molecule has 0 fully saturated rings. The Morgan fingerprint density at radius 3 is 2.57 bits per heavy atom. The van der Waals surface area contributed by atoms with Crippen molar-refractivity contribution in [3.63, 3.8) is 0 Å². The molecule has 0 aliphatic carbocycles. The van der Waals surface area contributed by atoms with Crippen molar-refractivity contribution in [3.8, 4) is 17.2 Å². The molecule has 28 heavy (non-hydrogen) atoms. The lowest BCUT2D eigenvalue weighted by Gasteiger charge is -2.16. The Labute approximate surface area is 161 Å². The lowest BCUT2D eigenvalue weighted by molar-refractivity contribution is -0.0506. The molecule has 2 N–H and O–H groups in total. The average molecular weight is 397 g/mol. The summed E-state index contributed by atoms with van der Waals surface area (Å²) in [5, 5.41) is 5.89. The highest BCUT2D eigenvalue weighted by Gasteiger charge is 2.14. The van der Waals surface area contributed by atoms with Crippen LogP contribution in [0.3, 0.4) is 0 Å². The molecule has 152 valence electrons. The molecule has 2 rings (SSSR count). The molecule has 0 amide bonds. The van der Waals surface area contributed by atoms with Crippen molar-refractivity contribution >= 4 is 11.6 Å². The molecule has 0 bridgehead atoms. The van der Waals surface area contributed by atoms with E-state index in [1.54, 1.807) is 25.3 Å². The summed E-state index contributed by atoms with van der Waals surface area (Å²) < 4.78 is 54.2. The van der Waals surface area contributed by atoms with Crippen LogP contribution in [0.25, 0.3) is 0 Å². The standard InChI is InChI=1S/C19H22F3N3O3/c1-4-27-17-10-12(8-9-16(17)26-3)25-19(23-2)24-11-13-14(20)6-5-7-15(13)28-18(21)22/h5-10,18H,4,11H2,1-3H3,(H2,23,24,25). The predicted molar refractivity (Wildman–Crippen MR) is 101 cm³/mol. The van der Waals surface area contributed by atoms with Gasteiger partial charge in [0.25, 0.3) is 0 Å². The number of guanidine groups is 1. The molecule has 0 aliphatic rings. The molecule has 2 aromatic carbocycles. The van der Waals surface area contributed by atoms with E-state index in [1.165, 1.54) is 25.2 Å². The largest absolute Gasteiger partial charge is 0.493 e. The first kappa shape index (κ1) is 21.2. The minimum Gasteiger partial charge on any atom is -0.493 e. The van der Waals surface area contributed by atoms with Gasteiger partial charge in [-0.15, -0.1) is 0 Å². The maximum atomic E-state index is 14.0. The zero-order valence-corrected chi connectivity index (χ0v) is 15.8. The maximum absolute atomic E-state index is 14.0. The zero-order valence-electron chi connectivity index (χ0n) is 15.8. The van der Waals surface area contributed by atoms with E-state index in [0.29, 0.717) is 29.8 Å². The molecule has 0 aromatic heterocycles. The van der Waals surface area contributed by atoms with Crippen molar-refractivity contribution in [1.82, 2.24) is 5.32 Å². The van der Waals surface area contributed by atoms with Crippen LogP contribution in [-0.2, 0) is 6.54 Å². The molecular weight excluding hydrogens is 375 g/mol. The van der Waals surface area contributed by atoms with Crippen LogP contribution in [0.4, 0.5) is 18.9 Å². The van der Waals surface area contributed by atoms with Crippen molar-refractivity contribution in [1.29, 1.82) is 0 Å². The molecule has 0 saturated carbocycles. The van der Waals surface area contributed by atoms with Crippen molar-refractivity contribution in [2.24, 2.45) is 4.99 Å². The van der Waals surface area contributed by atoms with Gasteiger partial charge in [0.05, 0.1) is 13.7 Å². The molecule has 2 aromatic rings. The Morgan fingerprint density at radius 1 is 1.14 bits per heavy atom. The Hall–Kier alpha value is -3.10. The number of anilines is 1. The summed E-state index contributed by atoms with van der Waals surface area (Å²) in [5.74, 6) is 0.534. The van der Waals surface area contributed by atoms with Gasteiger partial charge in [0.2, 0.25) is 0 Å². The summed E-state index contributed by atoms with van der Waals surface area (Å²) in [6, 6.07) is 8.96. The lowest BCUT2D eigenvalue weighted by atomic mass is 10.2. The second-order valence-electron chi connectivity index (χ2n) is 5.44. The van der Waals surface area contributed by atoms with E-state index in [1.807, 2.05) is 6.92 Å². The average Bonchev–Trinajstić information content (AvgIpc) is 2.66. The third kappa shape index (κ3) is 5.70. The number of nitrogens with zero attached hydrogens (tertiary/aromatic N) is 1. The van der Waals surface area contributed by atoms with E-state index in [0.717, 1.165) is 0 Å². The number of rotatable bonds is 8. The summed E-state index contributed by atoms with van der Waals surface area (Å²) in [4.78, 5) is 4.05. The van der Waals surface area contributed by atoms with Crippen LogP contribution in [0.15, 0.2) is 41.4 Å². The van der Waals surface area contributed by atoms with Crippen molar-refractivity contribution in [2.75, 3.05) is 26.1 Å². The number of ether oxygens (including phenoxy) is 3. The van der Waals surface area contributed by atoms with Crippen molar-refractivity contribution in [3.05, 3.63) is 47.8 Å². The number of hydrogen-bond acceptors (Lipinski definition) is 4. The third-order valence-electron chi connectivity index (χ3n) is 3.67. The third-order valence-corrected chi connectivity index (χ3v) is 3.67. The van der Waals surface area contributed by atoms with E-state index in [-0.39, 0.29) is 17.9 Å². The Kier molecular flexibility index (Phi) is 7.79. The summed E-state index contributed by atoms with van der Waals surface area (Å²) in [6.07, 6.45) is 0. The van der Waals surface area contributed by atoms with Crippen LogP contribution in [-0.4, -0.2) is 33.3 Å². The minimum absolute atomic E-state index is 0.0320. The van der Waals surface area contributed by atoms with Gasteiger partial charge in [0, 0.05) is 30.9 Å². The first-order chi connectivity index (χ1) is 13.5. The molecule has 0 aliphatic heterocycles. The van der Waals surface area contributed by atoms with E-state index >= 15 is 0 Å². The van der Waals surface area contributed by atoms with Crippen LogP contribution in [0.1, 0.15) is 12.5 Å². The number of methoxy groups -OCH3 is 1. The van der Waals surface area contributed by atoms with Gasteiger partial charge in [0.15, 0.2) is 17.5 Å². The van der Waals surface area contributed by atoms with E-state index in [9.17, 15) is 13.2 Å². The fraction of sp³-hybridized carbons (Fsp3) is 0.316. The molecule has 0 spiro atoms. The molecule has 9 heteroatoms. The fourth-order valence-corrected chi connectivity index (χ4v) is 2.43. The Balaban J connectivity index is 2.11. The fourth-order valence-electron chi connectivity index (χ4n) is 2.43. The van der Waals surface area contributed by atoms with Crippen LogP contribution < -0.4 is 24.8 Å². The number of hydrogen-bond donors (Lipinski definition) is 2. The van der Waals surface area contributed by atoms with E-state index in [2.05, 4.69) is 20.4 Å². The SMILES string of the molecule is CCOc1cc(NC(=NC)NCc2c(F)cccc2OC(F)F)ccc1OC. The number of aliphatic imine (C=N–C) groups is 1. The number of halogens is 3. The lowest BCUT2D eigenvalue weighted by Crippen LogP contribution is -2.30. The number of nitrogens with one attached hydrogen (secondary N) is 2. The maximum Gasteiger partial charge on any atom is 0.387 e. The van der Waals surface area contributed by atoms with Gasteiger partial charge in [-0.3, -0.25) is 4.99 Å². The van der Waals surface area contributed by atoms with E-state index < -0.39 is 12.4 Å². The summed E-state index contributed by atoms with van der Waals surface area (Å²) in [5.41, 5.74) is 0.616. The highest BCUT2D eigenvalue weighted by atomic mass is 19.3. The van der Waals surface area contributed by atoms with Crippen molar-refractivity contribution in [2.45, 2.75) is 20.1 Å². The Morgan fingerprint density at radius 2 is 1.93 bits per heavy atom. The summed E-state index contributed by atoms with van der Waals surface area (Å²) >= 11 is 0. The smallest absolute Gasteiger partial charge is 0.387 e.